The number of carbonyl (C=O) groups excluding carboxylic acids is 1. The second-order valence-electron chi connectivity index (χ2n) is 7.27. The van der Waals surface area contributed by atoms with Gasteiger partial charge in [0.2, 0.25) is 0 Å². The summed E-state index contributed by atoms with van der Waals surface area (Å²) in [6, 6.07) is 17.4. The summed E-state index contributed by atoms with van der Waals surface area (Å²) in [4.78, 5) is 12.2. The van der Waals surface area contributed by atoms with Crippen LogP contribution in [0.5, 0.6) is 5.75 Å². The Morgan fingerprint density at radius 1 is 0.933 bits per heavy atom. The number of rotatable bonds is 7. The number of ether oxygens (including phenoxy) is 1. The molecule has 156 valence electrons. The van der Waals surface area contributed by atoms with Gasteiger partial charge in [0.05, 0.1) is 10.0 Å². The van der Waals surface area contributed by atoms with Crippen molar-refractivity contribution in [1.29, 1.82) is 0 Å². The maximum atomic E-state index is 12.2. The van der Waals surface area contributed by atoms with Gasteiger partial charge in [0.25, 0.3) is 5.91 Å². The average Bonchev–Trinajstić information content (AvgIpc) is 2.66. The van der Waals surface area contributed by atoms with Gasteiger partial charge >= 0.3 is 0 Å². The van der Waals surface area contributed by atoms with Crippen LogP contribution in [-0.2, 0) is 11.3 Å². The lowest BCUT2D eigenvalue weighted by Gasteiger charge is -2.14. The van der Waals surface area contributed by atoms with E-state index in [9.17, 15) is 4.79 Å². The summed E-state index contributed by atoms with van der Waals surface area (Å²) < 4.78 is 5.59. The van der Waals surface area contributed by atoms with Crippen molar-refractivity contribution in [3.8, 4) is 5.75 Å². The predicted molar refractivity (Wildman–Crippen MR) is 125 cm³/mol. The van der Waals surface area contributed by atoms with Gasteiger partial charge in [-0.25, -0.2) is 0 Å². The molecule has 0 atom stereocenters. The molecule has 0 unspecified atom stereocenters. The van der Waals surface area contributed by atoms with E-state index in [-0.39, 0.29) is 12.5 Å². The maximum absolute atomic E-state index is 12.2. The van der Waals surface area contributed by atoms with Crippen LogP contribution in [0.15, 0.2) is 54.6 Å². The van der Waals surface area contributed by atoms with Crippen molar-refractivity contribution in [3.05, 3.63) is 86.9 Å². The monoisotopic (exact) mass is 442 g/mol. The molecule has 30 heavy (non-hydrogen) atoms. The Kier molecular flexibility index (Phi) is 7.24. The fourth-order valence-corrected chi connectivity index (χ4v) is 3.76. The topological polar surface area (TPSA) is 50.4 Å². The van der Waals surface area contributed by atoms with Gasteiger partial charge in [0.15, 0.2) is 12.4 Å². The standard InChI is InChI=1S/C24H24Cl2N2O2/c1-15-5-4-6-19(10-15)28-23(29)14-30-24-20(25)11-18(12-21(24)26)13-27-22-8-7-16(2)9-17(22)3/h4-12,27H,13-14H2,1-3H3,(H,28,29). The van der Waals surface area contributed by atoms with Gasteiger partial charge in [-0.1, -0.05) is 53.0 Å². The molecule has 6 heteroatoms. The number of amides is 1. The van der Waals surface area contributed by atoms with Crippen molar-refractivity contribution >= 4 is 40.5 Å². The van der Waals surface area contributed by atoms with Crippen molar-refractivity contribution in [2.75, 3.05) is 17.2 Å². The summed E-state index contributed by atoms with van der Waals surface area (Å²) in [5.41, 5.74) is 6.14. The van der Waals surface area contributed by atoms with E-state index in [0.717, 1.165) is 16.8 Å². The molecular weight excluding hydrogens is 419 g/mol. The smallest absolute Gasteiger partial charge is 0.262 e. The van der Waals surface area contributed by atoms with Crippen molar-refractivity contribution < 1.29 is 9.53 Å². The summed E-state index contributed by atoms with van der Waals surface area (Å²) in [6.07, 6.45) is 0. The van der Waals surface area contributed by atoms with Gasteiger partial charge < -0.3 is 15.4 Å². The van der Waals surface area contributed by atoms with E-state index in [2.05, 4.69) is 42.7 Å². The van der Waals surface area contributed by atoms with Gasteiger partial charge in [-0.3, -0.25) is 4.79 Å². The fraction of sp³-hybridized carbons (Fsp3) is 0.208. The average molecular weight is 443 g/mol. The Hall–Kier alpha value is -2.69. The van der Waals surface area contributed by atoms with E-state index in [4.69, 9.17) is 27.9 Å². The minimum atomic E-state index is -0.284. The molecule has 4 nitrogen and oxygen atoms in total. The summed E-state index contributed by atoms with van der Waals surface area (Å²) >= 11 is 12.7. The lowest BCUT2D eigenvalue weighted by atomic mass is 10.1. The lowest BCUT2D eigenvalue weighted by molar-refractivity contribution is -0.118. The number of aryl methyl sites for hydroxylation is 3. The quantitative estimate of drug-likeness (QED) is 0.436. The number of hydrogen-bond acceptors (Lipinski definition) is 3. The molecule has 3 aromatic rings. The van der Waals surface area contributed by atoms with Crippen molar-refractivity contribution in [1.82, 2.24) is 0 Å². The van der Waals surface area contributed by atoms with Gasteiger partial charge in [0.1, 0.15) is 0 Å². The second kappa shape index (κ2) is 9.88. The molecular formula is C24H24Cl2N2O2. The third-order valence-electron chi connectivity index (χ3n) is 4.57. The van der Waals surface area contributed by atoms with E-state index in [0.29, 0.717) is 28.0 Å². The number of halogens is 2. The Bertz CT molecular complexity index is 1040. The largest absolute Gasteiger partial charge is 0.481 e. The first-order chi connectivity index (χ1) is 14.3. The van der Waals surface area contributed by atoms with Gasteiger partial charge in [-0.15, -0.1) is 0 Å². The van der Waals surface area contributed by atoms with Crippen LogP contribution in [-0.4, -0.2) is 12.5 Å². The first kappa shape index (κ1) is 22.0. The summed E-state index contributed by atoms with van der Waals surface area (Å²) in [7, 11) is 0. The molecule has 0 saturated heterocycles. The highest BCUT2D eigenvalue weighted by Crippen LogP contribution is 2.34. The molecule has 0 radical (unpaired) electrons. The van der Waals surface area contributed by atoms with Crippen LogP contribution in [0.2, 0.25) is 10.0 Å². The molecule has 0 aliphatic rings. The first-order valence-electron chi connectivity index (χ1n) is 9.60. The zero-order valence-electron chi connectivity index (χ0n) is 17.2. The molecule has 0 fully saturated rings. The highest BCUT2D eigenvalue weighted by molar-refractivity contribution is 6.37. The Labute approximate surface area is 187 Å². The molecule has 0 spiro atoms. The highest BCUT2D eigenvalue weighted by atomic mass is 35.5. The van der Waals surface area contributed by atoms with Crippen LogP contribution >= 0.6 is 23.2 Å². The maximum Gasteiger partial charge on any atom is 0.262 e. The van der Waals surface area contributed by atoms with E-state index >= 15 is 0 Å². The lowest BCUT2D eigenvalue weighted by Crippen LogP contribution is -2.20. The van der Waals surface area contributed by atoms with Crippen LogP contribution in [0.4, 0.5) is 11.4 Å². The molecule has 0 saturated carbocycles. The first-order valence-corrected chi connectivity index (χ1v) is 10.4. The van der Waals surface area contributed by atoms with Crippen molar-refractivity contribution in [2.24, 2.45) is 0 Å². The van der Waals surface area contributed by atoms with Crippen LogP contribution in [0.1, 0.15) is 22.3 Å². The van der Waals surface area contributed by atoms with Crippen LogP contribution in [0, 0.1) is 20.8 Å². The van der Waals surface area contributed by atoms with Gasteiger partial charge in [0, 0.05) is 17.9 Å². The van der Waals surface area contributed by atoms with Gasteiger partial charge in [-0.2, -0.15) is 0 Å². The van der Waals surface area contributed by atoms with Crippen LogP contribution in [0.3, 0.4) is 0 Å². The molecule has 2 N–H and O–H groups in total. The highest BCUT2D eigenvalue weighted by Gasteiger charge is 2.12. The number of anilines is 2. The fourth-order valence-electron chi connectivity index (χ4n) is 3.12. The van der Waals surface area contributed by atoms with E-state index in [1.165, 1.54) is 11.1 Å². The second-order valence-corrected chi connectivity index (χ2v) is 8.08. The zero-order chi connectivity index (χ0) is 21.7. The van der Waals surface area contributed by atoms with Gasteiger partial charge in [-0.05, 0) is 67.8 Å². The van der Waals surface area contributed by atoms with Crippen molar-refractivity contribution in [2.45, 2.75) is 27.3 Å². The molecule has 0 aliphatic carbocycles. The summed E-state index contributed by atoms with van der Waals surface area (Å²) in [6.45, 7) is 6.47. The molecule has 0 aliphatic heterocycles. The third-order valence-corrected chi connectivity index (χ3v) is 5.13. The zero-order valence-corrected chi connectivity index (χ0v) is 18.7. The molecule has 0 aromatic heterocycles. The van der Waals surface area contributed by atoms with Crippen molar-refractivity contribution in [3.63, 3.8) is 0 Å². The molecule has 1 amide bonds. The molecule has 3 aromatic carbocycles. The predicted octanol–water partition coefficient (Wildman–Crippen LogP) is 6.55. The van der Waals surface area contributed by atoms with E-state index in [1.54, 1.807) is 12.1 Å². The third kappa shape index (κ3) is 5.91. The number of nitrogens with one attached hydrogen (secondary N) is 2. The SMILES string of the molecule is Cc1cccc(NC(=O)COc2c(Cl)cc(CNc3ccc(C)cc3C)cc2Cl)c1. The van der Waals surface area contributed by atoms with E-state index in [1.807, 2.05) is 31.2 Å². The Morgan fingerprint density at radius 2 is 1.63 bits per heavy atom. The summed E-state index contributed by atoms with van der Waals surface area (Å²) in [5.74, 6) is 0.0151. The molecule has 0 heterocycles. The molecule has 3 rings (SSSR count). The molecule has 0 bridgehead atoms. The van der Waals surface area contributed by atoms with E-state index < -0.39 is 0 Å². The van der Waals surface area contributed by atoms with Crippen LogP contribution in [0.25, 0.3) is 0 Å². The Morgan fingerprint density at radius 3 is 2.30 bits per heavy atom. The summed E-state index contributed by atoms with van der Waals surface area (Å²) in [5, 5.41) is 6.91. The number of carbonyl (C=O) groups is 1. The number of hydrogen-bond donors (Lipinski definition) is 2. The minimum Gasteiger partial charge on any atom is -0.481 e. The normalized spacial score (nSPS) is 10.6. The minimum absolute atomic E-state index is 0.187. The van der Waals surface area contributed by atoms with Crippen LogP contribution < -0.4 is 15.4 Å². The number of benzene rings is 3. The Balaban J connectivity index is 1.60.